The van der Waals surface area contributed by atoms with Crippen molar-refractivity contribution in [2.24, 2.45) is 0 Å². The van der Waals surface area contributed by atoms with Gasteiger partial charge in [0, 0.05) is 32.1 Å². The van der Waals surface area contributed by atoms with E-state index < -0.39 is 5.97 Å². The number of hydrogen-bond acceptors (Lipinski definition) is 5. The molecule has 1 aromatic rings. The van der Waals surface area contributed by atoms with Gasteiger partial charge in [-0.2, -0.15) is 0 Å². The molecule has 2 fully saturated rings. The molecule has 8 heteroatoms. The maximum absolute atomic E-state index is 12.3. The van der Waals surface area contributed by atoms with Gasteiger partial charge in [0.2, 0.25) is 5.91 Å². The lowest BCUT2D eigenvalue weighted by molar-refractivity contribution is -0.133. The highest BCUT2D eigenvalue weighted by atomic mass is 16.4. The van der Waals surface area contributed by atoms with Gasteiger partial charge >= 0.3 is 5.97 Å². The van der Waals surface area contributed by atoms with Crippen molar-refractivity contribution in [2.45, 2.75) is 25.3 Å². The predicted octanol–water partition coefficient (Wildman–Crippen LogP) is -0.372. The molecule has 0 radical (unpaired) electrons. The van der Waals surface area contributed by atoms with Crippen molar-refractivity contribution in [1.29, 1.82) is 0 Å². The summed E-state index contributed by atoms with van der Waals surface area (Å²) in [5, 5.41) is 16.7. The van der Waals surface area contributed by atoms with E-state index in [4.69, 9.17) is 5.11 Å². The van der Waals surface area contributed by atoms with E-state index in [2.05, 4.69) is 15.2 Å². The molecular formula is C13H19N5O3. The minimum absolute atomic E-state index is 0.0105. The Labute approximate surface area is 122 Å². The van der Waals surface area contributed by atoms with Crippen LogP contribution in [0.5, 0.6) is 0 Å². The summed E-state index contributed by atoms with van der Waals surface area (Å²) in [7, 11) is 2.03. The molecule has 2 heterocycles. The molecular weight excluding hydrogens is 274 g/mol. The third-order valence-electron chi connectivity index (χ3n) is 4.08. The first-order valence-corrected chi connectivity index (χ1v) is 7.19. The van der Waals surface area contributed by atoms with Gasteiger partial charge in [0.05, 0.1) is 5.69 Å². The van der Waals surface area contributed by atoms with Crippen LogP contribution in [0.3, 0.4) is 0 Å². The quantitative estimate of drug-likeness (QED) is 0.814. The van der Waals surface area contributed by atoms with Crippen molar-refractivity contribution in [3.8, 4) is 0 Å². The number of amides is 1. The molecule has 1 N–H and O–H groups in total. The van der Waals surface area contributed by atoms with Crippen LogP contribution >= 0.6 is 0 Å². The van der Waals surface area contributed by atoms with Gasteiger partial charge in [-0.25, -0.2) is 9.48 Å². The Kier molecular flexibility index (Phi) is 3.62. The van der Waals surface area contributed by atoms with Gasteiger partial charge in [-0.1, -0.05) is 5.21 Å². The van der Waals surface area contributed by atoms with Gasteiger partial charge in [0.15, 0.2) is 5.69 Å². The lowest BCUT2D eigenvalue weighted by Crippen LogP contribution is -2.48. The largest absolute Gasteiger partial charge is 0.476 e. The zero-order chi connectivity index (χ0) is 15.0. The Bertz CT molecular complexity index is 558. The summed E-state index contributed by atoms with van der Waals surface area (Å²) in [6.45, 7) is 3.21. The highest BCUT2D eigenvalue weighted by molar-refractivity contribution is 5.87. The number of nitrogens with zero attached hydrogens (tertiary/aromatic N) is 5. The topological polar surface area (TPSA) is 91.6 Å². The number of likely N-dealkylation sites (N-methyl/N-ethyl adjacent to an activating group) is 1. The van der Waals surface area contributed by atoms with Crippen molar-refractivity contribution in [1.82, 2.24) is 24.8 Å². The first-order chi connectivity index (χ1) is 10.1. The summed E-state index contributed by atoms with van der Waals surface area (Å²) in [5.41, 5.74) is 0.591. The van der Waals surface area contributed by atoms with E-state index in [1.165, 1.54) is 4.68 Å². The summed E-state index contributed by atoms with van der Waals surface area (Å²) >= 11 is 0. The molecule has 3 rings (SSSR count). The Morgan fingerprint density at radius 2 is 1.90 bits per heavy atom. The maximum atomic E-state index is 12.3. The number of aromatic carboxylic acids is 1. The lowest BCUT2D eigenvalue weighted by atomic mass is 10.2. The molecule has 1 aliphatic carbocycles. The average molecular weight is 293 g/mol. The zero-order valence-electron chi connectivity index (χ0n) is 12.0. The Balaban J connectivity index is 1.72. The number of hydrogen-bond donors (Lipinski definition) is 1. The van der Waals surface area contributed by atoms with Crippen molar-refractivity contribution < 1.29 is 14.7 Å². The molecule has 1 saturated carbocycles. The fourth-order valence-electron chi connectivity index (χ4n) is 2.63. The van der Waals surface area contributed by atoms with Gasteiger partial charge in [-0.15, -0.1) is 5.10 Å². The van der Waals surface area contributed by atoms with Crippen LogP contribution in [0.1, 0.15) is 34.9 Å². The van der Waals surface area contributed by atoms with Gasteiger partial charge in [0.25, 0.3) is 0 Å². The molecule has 0 spiro atoms. The van der Waals surface area contributed by atoms with E-state index in [0.717, 1.165) is 25.9 Å². The molecule has 1 saturated heterocycles. The standard InChI is InChI=1S/C13H19N5O3/c1-16-4-6-17(7-5-16)10(19)8-18-12(9-2-3-9)11(13(20)21)14-15-18/h9H,2-8H2,1H3,(H,20,21). The summed E-state index contributed by atoms with van der Waals surface area (Å²) in [6.07, 6.45) is 1.88. The monoisotopic (exact) mass is 293 g/mol. The van der Waals surface area contributed by atoms with Gasteiger partial charge in [-0.3, -0.25) is 4.79 Å². The third-order valence-corrected chi connectivity index (χ3v) is 4.08. The van der Waals surface area contributed by atoms with Crippen LogP contribution in [0, 0.1) is 0 Å². The van der Waals surface area contributed by atoms with Gasteiger partial charge < -0.3 is 14.9 Å². The van der Waals surface area contributed by atoms with Crippen LogP contribution in [-0.2, 0) is 11.3 Å². The Morgan fingerprint density at radius 1 is 1.24 bits per heavy atom. The van der Waals surface area contributed by atoms with E-state index in [9.17, 15) is 9.59 Å². The number of carboxylic acids is 1. The SMILES string of the molecule is CN1CCN(C(=O)Cn2nnc(C(=O)O)c2C2CC2)CC1. The fourth-order valence-corrected chi connectivity index (χ4v) is 2.63. The number of rotatable bonds is 4. The van der Waals surface area contributed by atoms with Gasteiger partial charge in [0.1, 0.15) is 6.54 Å². The number of carbonyl (C=O) groups is 2. The molecule has 8 nitrogen and oxygen atoms in total. The van der Waals surface area contributed by atoms with E-state index >= 15 is 0 Å². The van der Waals surface area contributed by atoms with Gasteiger partial charge in [-0.05, 0) is 19.9 Å². The van der Waals surface area contributed by atoms with Crippen molar-refractivity contribution >= 4 is 11.9 Å². The van der Waals surface area contributed by atoms with Crippen molar-refractivity contribution in [3.05, 3.63) is 11.4 Å². The van der Waals surface area contributed by atoms with E-state index in [1.807, 2.05) is 7.05 Å². The fraction of sp³-hybridized carbons (Fsp3) is 0.692. The van der Waals surface area contributed by atoms with Crippen molar-refractivity contribution in [2.75, 3.05) is 33.2 Å². The average Bonchev–Trinajstić information content (AvgIpc) is 3.20. The molecule has 21 heavy (non-hydrogen) atoms. The molecule has 114 valence electrons. The third kappa shape index (κ3) is 2.90. The van der Waals surface area contributed by atoms with Crippen LogP contribution in [0.4, 0.5) is 0 Å². The zero-order valence-corrected chi connectivity index (χ0v) is 12.0. The number of piperazine rings is 1. The molecule has 2 aliphatic rings. The molecule has 0 bridgehead atoms. The first-order valence-electron chi connectivity index (χ1n) is 7.19. The van der Waals surface area contributed by atoms with Crippen LogP contribution in [-0.4, -0.2) is 75.0 Å². The molecule has 0 aromatic carbocycles. The van der Waals surface area contributed by atoms with Crippen LogP contribution in [0.15, 0.2) is 0 Å². The number of carboxylic acid groups (broad SMARTS) is 1. The molecule has 1 amide bonds. The molecule has 1 aliphatic heterocycles. The highest BCUT2D eigenvalue weighted by Crippen LogP contribution is 2.41. The summed E-state index contributed by atoms with van der Waals surface area (Å²) in [4.78, 5) is 27.5. The number of aromatic nitrogens is 3. The lowest BCUT2D eigenvalue weighted by Gasteiger charge is -2.32. The highest BCUT2D eigenvalue weighted by Gasteiger charge is 2.34. The normalized spacial score (nSPS) is 19.8. The minimum Gasteiger partial charge on any atom is -0.476 e. The Morgan fingerprint density at radius 3 is 2.48 bits per heavy atom. The Hall–Kier alpha value is -1.96. The van der Waals surface area contributed by atoms with Crippen LogP contribution in [0.25, 0.3) is 0 Å². The molecule has 1 aromatic heterocycles. The van der Waals surface area contributed by atoms with E-state index in [-0.39, 0.29) is 24.1 Å². The first kappa shape index (κ1) is 14.0. The molecule has 0 unspecified atom stereocenters. The van der Waals surface area contributed by atoms with Crippen molar-refractivity contribution in [3.63, 3.8) is 0 Å². The van der Waals surface area contributed by atoms with E-state index in [0.29, 0.717) is 18.8 Å². The molecule has 0 atom stereocenters. The summed E-state index contributed by atoms with van der Waals surface area (Å²) < 4.78 is 1.47. The second-order valence-electron chi connectivity index (χ2n) is 5.74. The van der Waals surface area contributed by atoms with Crippen LogP contribution < -0.4 is 0 Å². The van der Waals surface area contributed by atoms with E-state index in [1.54, 1.807) is 4.90 Å². The summed E-state index contributed by atoms with van der Waals surface area (Å²) in [5.74, 6) is -0.909. The van der Waals surface area contributed by atoms with Crippen LogP contribution in [0.2, 0.25) is 0 Å². The second-order valence-corrected chi connectivity index (χ2v) is 5.74. The predicted molar refractivity (Wildman–Crippen MR) is 73.0 cm³/mol. The second kappa shape index (κ2) is 5.44. The summed E-state index contributed by atoms with van der Waals surface area (Å²) in [6, 6.07) is 0. The smallest absolute Gasteiger partial charge is 0.358 e. The maximum Gasteiger partial charge on any atom is 0.358 e. The minimum atomic E-state index is -1.07. The number of carbonyl (C=O) groups excluding carboxylic acids is 1.